The minimum absolute atomic E-state index is 0.0709. The number of hydrogen-bond acceptors (Lipinski definition) is 7. The summed E-state index contributed by atoms with van der Waals surface area (Å²) in [7, 11) is 0. The van der Waals surface area contributed by atoms with Crippen LogP contribution in [-0.2, 0) is 30.4 Å². The van der Waals surface area contributed by atoms with Gasteiger partial charge in [0.25, 0.3) is 0 Å². The van der Waals surface area contributed by atoms with Gasteiger partial charge in [0.05, 0.1) is 18.6 Å². The van der Waals surface area contributed by atoms with E-state index in [9.17, 15) is 34.2 Å². The van der Waals surface area contributed by atoms with E-state index in [1.165, 1.54) is 11.8 Å². The highest BCUT2D eigenvalue weighted by Crippen LogP contribution is 2.20. The zero-order valence-electron chi connectivity index (χ0n) is 18.7. The van der Waals surface area contributed by atoms with Gasteiger partial charge in [-0.05, 0) is 25.3 Å². The van der Waals surface area contributed by atoms with Crippen LogP contribution >= 0.6 is 0 Å². The third kappa shape index (κ3) is 7.25. The number of benzene rings is 1. The van der Waals surface area contributed by atoms with Crippen molar-refractivity contribution < 1.29 is 39.3 Å². The number of aliphatic hydroxyl groups is 1. The molecule has 1 aromatic rings. The fourth-order valence-electron chi connectivity index (χ4n) is 3.75. The second kappa shape index (κ2) is 12.1. The summed E-state index contributed by atoms with van der Waals surface area (Å²) in [5.74, 6) is -4.82. The van der Waals surface area contributed by atoms with Crippen molar-refractivity contribution >= 4 is 29.7 Å². The molecule has 0 radical (unpaired) electrons. The van der Waals surface area contributed by atoms with Crippen LogP contribution in [-0.4, -0.2) is 86.7 Å². The molecule has 1 fully saturated rings. The maximum Gasteiger partial charge on any atom is 0.328 e. The first-order valence-corrected chi connectivity index (χ1v) is 10.8. The minimum atomic E-state index is -1.54. The number of carbonyl (C=O) groups excluding carboxylic acids is 3. The van der Waals surface area contributed by atoms with Crippen molar-refractivity contribution in [3.05, 3.63) is 35.9 Å². The Morgan fingerprint density at radius 3 is 2.32 bits per heavy atom. The minimum Gasteiger partial charge on any atom is -0.481 e. The van der Waals surface area contributed by atoms with Gasteiger partial charge in [-0.1, -0.05) is 30.3 Å². The topological polar surface area (TPSA) is 199 Å². The van der Waals surface area contributed by atoms with Gasteiger partial charge in [-0.25, -0.2) is 4.79 Å². The van der Waals surface area contributed by atoms with Crippen LogP contribution in [0.25, 0.3) is 0 Å². The zero-order chi connectivity index (χ0) is 25.4. The Kier molecular flexibility index (Phi) is 9.51. The molecule has 1 aliphatic heterocycles. The number of likely N-dealkylation sites (tertiary alicyclic amines) is 1. The van der Waals surface area contributed by atoms with Crippen LogP contribution in [0.4, 0.5) is 0 Å². The first kappa shape index (κ1) is 26.7. The second-order valence-corrected chi connectivity index (χ2v) is 8.21. The molecule has 1 aromatic carbocycles. The highest BCUT2D eigenvalue weighted by molar-refractivity contribution is 5.95. The molecule has 34 heavy (non-hydrogen) atoms. The number of aliphatic carboxylic acids is 2. The molecule has 12 heteroatoms. The molecule has 186 valence electrons. The van der Waals surface area contributed by atoms with Crippen molar-refractivity contribution in [1.82, 2.24) is 15.5 Å². The molecule has 3 amide bonds. The molecule has 5 unspecified atom stereocenters. The highest BCUT2D eigenvalue weighted by Gasteiger charge is 2.39. The Labute approximate surface area is 196 Å². The summed E-state index contributed by atoms with van der Waals surface area (Å²) in [6, 6.07) is 3.75. The zero-order valence-corrected chi connectivity index (χ0v) is 18.7. The van der Waals surface area contributed by atoms with Gasteiger partial charge in [-0.2, -0.15) is 0 Å². The van der Waals surface area contributed by atoms with Crippen molar-refractivity contribution in [3.8, 4) is 0 Å². The maximum absolute atomic E-state index is 13.4. The lowest BCUT2D eigenvalue weighted by Crippen LogP contribution is -2.58. The first-order valence-electron chi connectivity index (χ1n) is 10.8. The molecule has 1 saturated heterocycles. The average molecular weight is 479 g/mol. The average Bonchev–Trinajstić information content (AvgIpc) is 3.26. The van der Waals surface area contributed by atoms with E-state index in [1.54, 1.807) is 30.3 Å². The third-order valence-corrected chi connectivity index (χ3v) is 5.51. The Morgan fingerprint density at radius 2 is 1.76 bits per heavy atom. The summed E-state index contributed by atoms with van der Waals surface area (Å²) in [6.45, 7) is 1.42. The van der Waals surface area contributed by atoms with Crippen LogP contribution in [0.2, 0.25) is 0 Å². The molecule has 0 aromatic heterocycles. The molecular weight excluding hydrogens is 448 g/mol. The maximum atomic E-state index is 13.4. The molecule has 0 spiro atoms. The predicted octanol–water partition coefficient (Wildman–Crippen LogP) is -1.54. The Bertz CT molecular complexity index is 907. The smallest absolute Gasteiger partial charge is 0.328 e. The molecule has 1 heterocycles. The number of amides is 3. The summed E-state index contributed by atoms with van der Waals surface area (Å²) in [4.78, 5) is 62.1. The largest absolute Gasteiger partial charge is 0.481 e. The van der Waals surface area contributed by atoms with Crippen LogP contribution in [0.5, 0.6) is 0 Å². The van der Waals surface area contributed by atoms with E-state index in [1.807, 2.05) is 0 Å². The van der Waals surface area contributed by atoms with E-state index in [0.29, 0.717) is 12.0 Å². The Morgan fingerprint density at radius 1 is 1.12 bits per heavy atom. The fraction of sp³-hybridized carbons (Fsp3) is 0.500. The van der Waals surface area contributed by atoms with Crippen molar-refractivity contribution in [2.75, 3.05) is 6.54 Å². The molecule has 12 nitrogen and oxygen atoms in total. The normalized spacial score (nSPS) is 18.9. The van der Waals surface area contributed by atoms with Gasteiger partial charge >= 0.3 is 11.9 Å². The van der Waals surface area contributed by atoms with Crippen LogP contribution in [0.15, 0.2) is 30.3 Å². The SMILES string of the molecule is CC(O)C(NC(=O)C1CCCN1C(=O)C(Cc1ccccc1)NC(=O)C(N)CC(=O)O)C(=O)O. The number of nitrogens with two attached hydrogens (primary N) is 1. The number of nitrogens with zero attached hydrogens (tertiary/aromatic N) is 1. The standard InChI is InChI=1S/C22H30N4O8/c1-12(27)18(22(33)34)25-20(31)16-8-5-9-26(16)21(32)15(10-13-6-3-2-4-7-13)24-19(30)14(23)11-17(28)29/h2-4,6-7,12,14-16,18,27H,5,8-11,23H2,1H3,(H,24,30)(H,25,31)(H,28,29)(H,33,34). The monoisotopic (exact) mass is 478 g/mol. The van der Waals surface area contributed by atoms with E-state index in [0.717, 1.165) is 0 Å². The van der Waals surface area contributed by atoms with Crippen molar-refractivity contribution in [3.63, 3.8) is 0 Å². The van der Waals surface area contributed by atoms with Gasteiger partial charge in [-0.3, -0.25) is 19.2 Å². The molecule has 2 rings (SSSR count). The van der Waals surface area contributed by atoms with Crippen LogP contribution in [0.1, 0.15) is 31.7 Å². The van der Waals surface area contributed by atoms with E-state index >= 15 is 0 Å². The van der Waals surface area contributed by atoms with Gasteiger partial charge in [0.2, 0.25) is 17.7 Å². The Hall–Kier alpha value is -3.51. The molecule has 0 aliphatic carbocycles. The second-order valence-electron chi connectivity index (χ2n) is 8.21. The molecule has 0 saturated carbocycles. The van der Waals surface area contributed by atoms with E-state index in [4.69, 9.17) is 10.8 Å². The predicted molar refractivity (Wildman–Crippen MR) is 118 cm³/mol. The van der Waals surface area contributed by atoms with Gasteiger partial charge in [0, 0.05) is 13.0 Å². The number of hydrogen-bond donors (Lipinski definition) is 6. The lowest BCUT2D eigenvalue weighted by atomic mass is 10.0. The van der Waals surface area contributed by atoms with E-state index in [-0.39, 0.29) is 19.4 Å². The number of aliphatic hydroxyl groups excluding tert-OH is 1. The van der Waals surface area contributed by atoms with Gasteiger partial charge in [0.15, 0.2) is 6.04 Å². The molecule has 0 bridgehead atoms. The molecule has 7 N–H and O–H groups in total. The van der Waals surface area contributed by atoms with E-state index in [2.05, 4.69) is 10.6 Å². The van der Waals surface area contributed by atoms with Crippen molar-refractivity contribution in [1.29, 1.82) is 0 Å². The highest BCUT2D eigenvalue weighted by atomic mass is 16.4. The van der Waals surface area contributed by atoms with Crippen molar-refractivity contribution in [2.24, 2.45) is 5.73 Å². The number of rotatable bonds is 11. The number of carboxylic acid groups (broad SMARTS) is 2. The van der Waals surface area contributed by atoms with Crippen LogP contribution in [0, 0.1) is 0 Å². The Balaban J connectivity index is 2.22. The number of carboxylic acids is 2. The van der Waals surface area contributed by atoms with E-state index < -0.39 is 66.4 Å². The quantitative estimate of drug-likeness (QED) is 0.218. The molecular formula is C22H30N4O8. The first-order chi connectivity index (χ1) is 16.0. The van der Waals surface area contributed by atoms with Crippen LogP contribution < -0.4 is 16.4 Å². The number of carbonyl (C=O) groups is 5. The molecule has 1 aliphatic rings. The summed E-state index contributed by atoms with van der Waals surface area (Å²) in [5.41, 5.74) is 6.36. The lowest BCUT2D eigenvalue weighted by molar-refractivity contribution is -0.147. The molecule has 5 atom stereocenters. The third-order valence-electron chi connectivity index (χ3n) is 5.51. The summed E-state index contributed by atoms with van der Waals surface area (Å²) >= 11 is 0. The summed E-state index contributed by atoms with van der Waals surface area (Å²) < 4.78 is 0. The van der Waals surface area contributed by atoms with Gasteiger partial charge < -0.3 is 36.6 Å². The number of nitrogens with one attached hydrogen (secondary N) is 2. The van der Waals surface area contributed by atoms with Gasteiger partial charge in [0.1, 0.15) is 12.1 Å². The lowest BCUT2D eigenvalue weighted by Gasteiger charge is -2.30. The van der Waals surface area contributed by atoms with Crippen molar-refractivity contribution in [2.45, 2.75) is 62.9 Å². The summed E-state index contributed by atoms with van der Waals surface area (Å²) in [5, 5.41) is 32.5. The van der Waals surface area contributed by atoms with Crippen LogP contribution in [0.3, 0.4) is 0 Å². The van der Waals surface area contributed by atoms with Gasteiger partial charge in [-0.15, -0.1) is 0 Å². The summed E-state index contributed by atoms with van der Waals surface area (Å²) in [6.07, 6.45) is -1.16. The fourth-order valence-corrected chi connectivity index (χ4v) is 3.75.